The molecule has 2 heterocycles. The van der Waals surface area contributed by atoms with E-state index < -0.39 is 0 Å². The molecule has 0 bridgehead atoms. The van der Waals surface area contributed by atoms with Gasteiger partial charge in [-0.15, -0.1) is 0 Å². The number of hydrogen-bond acceptors (Lipinski definition) is 3. The van der Waals surface area contributed by atoms with Crippen LogP contribution >= 0.6 is 11.6 Å². The van der Waals surface area contributed by atoms with E-state index in [1.807, 2.05) is 30.2 Å². The number of halogens is 1. The second-order valence-corrected chi connectivity index (χ2v) is 5.86. The van der Waals surface area contributed by atoms with Crippen molar-refractivity contribution in [2.75, 3.05) is 6.54 Å². The summed E-state index contributed by atoms with van der Waals surface area (Å²) >= 11 is 5.84. The number of aromatic nitrogens is 2. The Morgan fingerprint density at radius 2 is 2.05 bits per heavy atom. The highest BCUT2D eigenvalue weighted by Gasteiger charge is 2.28. The van der Waals surface area contributed by atoms with Crippen LogP contribution in [0.25, 0.3) is 0 Å². The van der Waals surface area contributed by atoms with Gasteiger partial charge in [0.05, 0.1) is 11.1 Å². The Kier molecular flexibility index (Phi) is 5.50. The van der Waals surface area contributed by atoms with Crippen molar-refractivity contribution in [3.8, 4) is 0 Å². The Labute approximate surface area is 136 Å². The van der Waals surface area contributed by atoms with Gasteiger partial charge in [-0.3, -0.25) is 9.78 Å². The van der Waals surface area contributed by atoms with Crippen molar-refractivity contribution in [3.63, 3.8) is 0 Å². The first kappa shape index (κ1) is 16.4. The van der Waals surface area contributed by atoms with Gasteiger partial charge in [-0.1, -0.05) is 31.5 Å². The Bertz CT molecular complexity index is 614. The molecule has 1 amide bonds. The van der Waals surface area contributed by atoms with Crippen LogP contribution in [0.1, 0.15) is 42.9 Å². The van der Waals surface area contributed by atoms with Gasteiger partial charge in [0.25, 0.3) is 5.91 Å². The third-order valence-corrected chi connectivity index (χ3v) is 3.76. The molecular formula is C17H20ClN3O. The normalized spacial score (nSPS) is 12.2. The van der Waals surface area contributed by atoms with E-state index in [1.165, 1.54) is 6.20 Å². The van der Waals surface area contributed by atoms with E-state index in [2.05, 4.69) is 23.8 Å². The lowest BCUT2D eigenvalue weighted by Crippen LogP contribution is -2.37. The molecule has 2 rings (SSSR count). The first-order chi connectivity index (χ1) is 10.5. The van der Waals surface area contributed by atoms with Gasteiger partial charge in [-0.05, 0) is 36.6 Å². The van der Waals surface area contributed by atoms with E-state index in [4.69, 9.17) is 11.6 Å². The quantitative estimate of drug-likeness (QED) is 0.837. The molecule has 0 saturated carbocycles. The zero-order valence-electron chi connectivity index (χ0n) is 13.0. The maximum atomic E-state index is 12.8. The standard InChI is InChI=1S/C17H20ClN3O/c1-4-21(17(22)15-8-7-14(18)11-20-15)16(12(2)3)13-6-5-9-19-10-13/h5-12,16H,4H2,1-3H3. The average Bonchev–Trinajstić information content (AvgIpc) is 2.53. The Morgan fingerprint density at radius 1 is 1.27 bits per heavy atom. The predicted molar refractivity (Wildman–Crippen MR) is 87.8 cm³/mol. The van der Waals surface area contributed by atoms with Gasteiger partial charge >= 0.3 is 0 Å². The number of rotatable bonds is 5. The fraction of sp³-hybridized carbons (Fsp3) is 0.353. The van der Waals surface area contributed by atoms with E-state index in [-0.39, 0.29) is 17.9 Å². The smallest absolute Gasteiger partial charge is 0.272 e. The monoisotopic (exact) mass is 317 g/mol. The fourth-order valence-corrected chi connectivity index (χ4v) is 2.70. The minimum atomic E-state index is -0.0956. The second-order valence-electron chi connectivity index (χ2n) is 5.43. The van der Waals surface area contributed by atoms with Crippen LogP contribution in [0.4, 0.5) is 0 Å². The number of nitrogens with zero attached hydrogens (tertiary/aromatic N) is 3. The molecule has 0 aromatic carbocycles. The molecule has 116 valence electrons. The van der Waals surface area contributed by atoms with E-state index in [0.717, 1.165) is 5.56 Å². The summed E-state index contributed by atoms with van der Waals surface area (Å²) in [6.07, 6.45) is 5.05. The lowest BCUT2D eigenvalue weighted by Gasteiger charge is -2.33. The summed E-state index contributed by atoms with van der Waals surface area (Å²) in [5.41, 5.74) is 1.43. The van der Waals surface area contributed by atoms with Gasteiger partial charge in [0.2, 0.25) is 0 Å². The molecule has 0 spiro atoms. The minimum Gasteiger partial charge on any atom is -0.330 e. The van der Waals surface area contributed by atoms with Crippen molar-refractivity contribution in [2.45, 2.75) is 26.8 Å². The molecule has 0 aliphatic heterocycles. The van der Waals surface area contributed by atoms with Gasteiger partial charge in [0.15, 0.2) is 0 Å². The van der Waals surface area contributed by atoms with Crippen LogP contribution < -0.4 is 0 Å². The van der Waals surface area contributed by atoms with Gasteiger partial charge in [-0.25, -0.2) is 4.98 Å². The van der Waals surface area contributed by atoms with Crippen molar-refractivity contribution >= 4 is 17.5 Å². The van der Waals surface area contributed by atoms with E-state index in [9.17, 15) is 4.79 Å². The summed E-state index contributed by atoms with van der Waals surface area (Å²) in [5, 5.41) is 0.521. The minimum absolute atomic E-state index is 0.0383. The molecule has 0 saturated heterocycles. The van der Waals surface area contributed by atoms with E-state index >= 15 is 0 Å². The van der Waals surface area contributed by atoms with Gasteiger partial charge in [0, 0.05) is 25.1 Å². The van der Waals surface area contributed by atoms with Crippen molar-refractivity contribution < 1.29 is 4.79 Å². The number of hydrogen-bond donors (Lipinski definition) is 0. The summed E-state index contributed by atoms with van der Waals surface area (Å²) in [5.74, 6) is 0.169. The number of carbonyl (C=O) groups excluding carboxylic acids is 1. The summed E-state index contributed by atoms with van der Waals surface area (Å²) in [6, 6.07) is 7.20. The maximum absolute atomic E-state index is 12.8. The Morgan fingerprint density at radius 3 is 2.55 bits per heavy atom. The van der Waals surface area contributed by atoms with Crippen LogP contribution in [0.5, 0.6) is 0 Å². The lowest BCUT2D eigenvalue weighted by molar-refractivity contribution is 0.0630. The number of amides is 1. The third kappa shape index (κ3) is 3.63. The molecule has 2 aromatic rings. The molecular weight excluding hydrogens is 298 g/mol. The first-order valence-electron chi connectivity index (χ1n) is 7.37. The molecule has 2 aromatic heterocycles. The van der Waals surface area contributed by atoms with Crippen molar-refractivity contribution in [1.82, 2.24) is 14.9 Å². The molecule has 22 heavy (non-hydrogen) atoms. The van der Waals surface area contributed by atoms with E-state index in [1.54, 1.807) is 18.3 Å². The summed E-state index contributed by atoms with van der Waals surface area (Å²) in [6.45, 7) is 6.77. The number of carbonyl (C=O) groups is 1. The summed E-state index contributed by atoms with van der Waals surface area (Å²) in [7, 11) is 0. The molecule has 4 nitrogen and oxygen atoms in total. The van der Waals surface area contributed by atoms with Crippen molar-refractivity contribution in [3.05, 3.63) is 59.1 Å². The highest BCUT2D eigenvalue weighted by Crippen LogP contribution is 2.29. The third-order valence-electron chi connectivity index (χ3n) is 3.54. The topological polar surface area (TPSA) is 46.1 Å². The zero-order valence-corrected chi connectivity index (χ0v) is 13.8. The second kappa shape index (κ2) is 7.36. The Hall–Kier alpha value is -1.94. The first-order valence-corrected chi connectivity index (χ1v) is 7.74. The largest absolute Gasteiger partial charge is 0.330 e. The fourth-order valence-electron chi connectivity index (χ4n) is 2.59. The average molecular weight is 318 g/mol. The molecule has 0 fully saturated rings. The zero-order chi connectivity index (χ0) is 16.1. The van der Waals surface area contributed by atoms with Gasteiger partial charge in [-0.2, -0.15) is 0 Å². The van der Waals surface area contributed by atoms with Crippen molar-refractivity contribution in [1.29, 1.82) is 0 Å². The highest BCUT2D eigenvalue weighted by atomic mass is 35.5. The highest BCUT2D eigenvalue weighted by molar-refractivity contribution is 6.30. The SMILES string of the molecule is CCN(C(=O)c1ccc(Cl)cn1)C(c1cccnc1)C(C)C. The van der Waals surface area contributed by atoms with Crippen LogP contribution in [0.3, 0.4) is 0 Å². The van der Waals surface area contributed by atoms with Crippen LogP contribution in [0, 0.1) is 5.92 Å². The molecule has 0 aliphatic carbocycles. The maximum Gasteiger partial charge on any atom is 0.272 e. The molecule has 5 heteroatoms. The predicted octanol–water partition coefficient (Wildman–Crippen LogP) is 3.99. The molecule has 1 unspecified atom stereocenters. The molecule has 0 aliphatic rings. The Balaban J connectivity index is 2.35. The van der Waals surface area contributed by atoms with Crippen LogP contribution in [-0.2, 0) is 0 Å². The van der Waals surface area contributed by atoms with Crippen molar-refractivity contribution in [2.24, 2.45) is 5.92 Å². The molecule has 1 atom stereocenters. The van der Waals surface area contributed by atoms with Crippen LogP contribution in [0.15, 0.2) is 42.9 Å². The summed E-state index contributed by atoms with van der Waals surface area (Å²) in [4.78, 5) is 23.0. The number of pyridine rings is 2. The lowest BCUT2D eigenvalue weighted by atomic mass is 9.95. The van der Waals surface area contributed by atoms with Crippen LogP contribution in [-0.4, -0.2) is 27.3 Å². The van der Waals surface area contributed by atoms with E-state index in [0.29, 0.717) is 17.3 Å². The molecule has 0 N–H and O–H groups in total. The summed E-state index contributed by atoms with van der Waals surface area (Å²) < 4.78 is 0. The molecule has 0 radical (unpaired) electrons. The van der Waals surface area contributed by atoms with Gasteiger partial charge < -0.3 is 4.90 Å². The van der Waals surface area contributed by atoms with Crippen LogP contribution in [0.2, 0.25) is 5.02 Å². The van der Waals surface area contributed by atoms with Gasteiger partial charge in [0.1, 0.15) is 5.69 Å².